The highest BCUT2D eigenvalue weighted by Gasteiger charge is 2.33. The SMILES string of the molecule is [2H]C([2H])([2H])c1nnc(C(=O)NC(C)(C)c2nc(C(=O)NC([2H])([2H])c3ccc(F)cc3)c(OCC(=O)CCOC)c(=O)n2C)o1. The molecular weight excluding hydrogens is 515 g/mol. The van der Waals surface area contributed by atoms with Crippen LogP contribution in [0, 0.1) is 12.7 Å². The summed E-state index contributed by atoms with van der Waals surface area (Å²) in [4.78, 5) is 56.2. The number of hydrogen-bond donors (Lipinski definition) is 2. The number of nitrogens with zero attached hydrogens (tertiary/aromatic N) is 4. The molecule has 0 aliphatic carbocycles. The fourth-order valence-electron chi connectivity index (χ4n) is 3.29. The number of carbonyl (C=O) groups excluding carboxylic acids is 3. The van der Waals surface area contributed by atoms with Crippen molar-refractivity contribution in [2.45, 2.75) is 39.2 Å². The van der Waals surface area contributed by atoms with Crippen molar-refractivity contribution in [3.63, 3.8) is 0 Å². The quantitative estimate of drug-likeness (QED) is 0.335. The lowest BCUT2D eigenvalue weighted by molar-refractivity contribution is -0.121. The summed E-state index contributed by atoms with van der Waals surface area (Å²) in [6.45, 7) is -3.14. The van der Waals surface area contributed by atoms with Crippen LogP contribution in [0.3, 0.4) is 0 Å². The van der Waals surface area contributed by atoms with Gasteiger partial charge in [0.2, 0.25) is 11.6 Å². The third-order valence-electron chi connectivity index (χ3n) is 5.20. The maximum atomic E-state index is 13.5. The molecule has 3 aromatic rings. The zero-order valence-corrected chi connectivity index (χ0v) is 21.5. The van der Waals surface area contributed by atoms with Crippen molar-refractivity contribution in [1.29, 1.82) is 0 Å². The van der Waals surface area contributed by atoms with Crippen LogP contribution in [-0.4, -0.2) is 57.7 Å². The minimum absolute atomic E-state index is 0.0603. The molecule has 0 saturated heterocycles. The summed E-state index contributed by atoms with van der Waals surface area (Å²) < 4.78 is 68.2. The Labute approximate surface area is 229 Å². The lowest BCUT2D eigenvalue weighted by Gasteiger charge is -2.27. The van der Waals surface area contributed by atoms with Crippen molar-refractivity contribution in [1.82, 2.24) is 30.4 Å². The van der Waals surface area contributed by atoms with Gasteiger partial charge in [-0.15, -0.1) is 10.2 Å². The topological polar surface area (TPSA) is 168 Å². The Morgan fingerprint density at radius 1 is 1.21 bits per heavy atom. The van der Waals surface area contributed by atoms with Gasteiger partial charge in [0.05, 0.1) is 14.9 Å². The molecule has 0 saturated carbocycles. The lowest BCUT2D eigenvalue weighted by Crippen LogP contribution is -2.46. The molecule has 208 valence electrons. The largest absolute Gasteiger partial charge is 0.478 e. The molecule has 0 atom stereocenters. The standard InChI is InChI=1S/C25H29FN6O7/c1-14-30-31-22(39-14)21(35)29-25(2,3)24-28-18(20(34)27-12-15-6-8-16(26)9-7-15)19(23(36)32(24)4)38-13-17(33)10-11-37-5/h6-9H,10-13H2,1-5H3,(H,27,34)(H,29,35)/i1D3,12D2. The van der Waals surface area contributed by atoms with Gasteiger partial charge in [0.15, 0.2) is 11.5 Å². The van der Waals surface area contributed by atoms with Crippen LogP contribution in [0.15, 0.2) is 33.5 Å². The average Bonchev–Trinajstić information content (AvgIpc) is 3.44. The van der Waals surface area contributed by atoms with Crippen LogP contribution in [0.4, 0.5) is 4.39 Å². The molecule has 2 amide bonds. The number of ketones is 1. The second kappa shape index (κ2) is 12.4. The Morgan fingerprint density at radius 3 is 2.56 bits per heavy atom. The number of methoxy groups -OCH3 is 1. The first kappa shape index (κ1) is 22.5. The van der Waals surface area contributed by atoms with E-state index in [4.69, 9.17) is 20.7 Å². The summed E-state index contributed by atoms with van der Waals surface area (Å²) in [5.74, 6) is -5.78. The zero-order valence-electron chi connectivity index (χ0n) is 26.5. The van der Waals surface area contributed by atoms with Gasteiger partial charge in [-0.1, -0.05) is 12.1 Å². The molecule has 0 spiro atoms. The predicted molar refractivity (Wildman–Crippen MR) is 134 cm³/mol. The van der Waals surface area contributed by atoms with E-state index in [2.05, 4.69) is 25.8 Å². The van der Waals surface area contributed by atoms with E-state index in [9.17, 15) is 23.6 Å². The van der Waals surface area contributed by atoms with E-state index in [0.717, 1.165) is 28.8 Å². The summed E-state index contributed by atoms with van der Waals surface area (Å²) in [5, 5.41) is 11.3. The van der Waals surface area contributed by atoms with Gasteiger partial charge in [0.25, 0.3) is 11.5 Å². The highest BCUT2D eigenvalue weighted by Crippen LogP contribution is 2.21. The van der Waals surface area contributed by atoms with Gasteiger partial charge in [-0.2, -0.15) is 0 Å². The molecule has 3 rings (SSSR count). The predicted octanol–water partition coefficient (Wildman–Crippen LogP) is 1.19. The molecule has 0 aliphatic rings. The van der Waals surface area contributed by atoms with E-state index in [0.29, 0.717) is 0 Å². The Hall–Kier alpha value is -4.46. The van der Waals surface area contributed by atoms with Gasteiger partial charge in [0.1, 0.15) is 18.2 Å². The Kier molecular flexibility index (Phi) is 7.15. The van der Waals surface area contributed by atoms with E-state index in [1.165, 1.54) is 28.0 Å². The number of halogens is 1. The maximum absolute atomic E-state index is 13.5. The number of aryl methyl sites for hydroxylation is 1. The normalized spacial score (nSPS) is 13.8. The van der Waals surface area contributed by atoms with Gasteiger partial charge in [-0.3, -0.25) is 23.7 Å². The summed E-state index contributed by atoms with van der Waals surface area (Å²) >= 11 is 0. The van der Waals surface area contributed by atoms with Crippen molar-refractivity contribution in [2.24, 2.45) is 7.05 Å². The van der Waals surface area contributed by atoms with Crippen molar-refractivity contribution < 1.29 is 39.5 Å². The molecule has 0 radical (unpaired) electrons. The van der Waals surface area contributed by atoms with Crippen LogP contribution >= 0.6 is 0 Å². The lowest BCUT2D eigenvalue weighted by atomic mass is 10.0. The van der Waals surface area contributed by atoms with Crippen molar-refractivity contribution >= 4 is 17.6 Å². The third kappa shape index (κ3) is 7.31. The van der Waals surface area contributed by atoms with E-state index in [1.807, 2.05) is 0 Å². The van der Waals surface area contributed by atoms with Gasteiger partial charge < -0.3 is 24.5 Å². The van der Waals surface area contributed by atoms with Crippen molar-refractivity contribution in [3.8, 4) is 5.75 Å². The summed E-state index contributed by atoms with van der Waals surface area (Å²) in [6.07, 6.45) is -0.0603. The van der Waals surface area contributed by atoms with Crippen LogP contribution in [0.5, 0.6) is 5.75 Å². The molecule has 13 nitrogen and oxygen atoms in total. The molecule has 2 aromatic heterocycles. The number of Topliss-reactive ketones (excluding diaryl/α,β-unsaturated/α-hetero) is 1. The highest BCUT2D eigenvalue weighted by atomic mass is 19.1. The number of hydrogen-bond acceptors (Lipinski definition) is 10. The Balaban J connectivity index is 2.03. The van der Waals surface area contributed by atoms with Gasteiger partial charge in [-0.05, 0) is 31.5 Å². The highest BCUT2D eigenvalue weighted by molar-refractivity contribution is 5.95. The minimum atomic E-state index is -2.77. The molecule has 1 aromatic carbocycles. The Morgan fingerprint density at radius 2 is 1.92 bits per heavy atom. The van der Waals surface area contributed by atoms with E-state index < -0.39 is 77.7 Å². The van der Waals surface area contributed by atoms with Crippen LogP contribution in [-0.2, 0) is 28.6 Å². The summed E-state index contributed by atoms with van der Waals surface area (Å²) in [6, 6.07) is 4.20. The second-order valence-corrected chi connectivity index (χ2v) is 8.62. The third-order valence-corrected chi connectivity index (χ3v) is 5.20. The molecule has 0 unspecified atom stereocenters. The number of ether oxygens (including phenoxy) is 2. The summed E-state index contributed by atoms with van der Waals surface area (Å²) in [7, 11) is 2.63. The van der Waals surface area contributed by atoms with Crippen molar-refractivity contribution in [3.05, 3.63) is 69.3 Å². The van der Waals surface area contributed by atoms with Crippen LogP contribution in [0.25, 0.3) is 0 Å². The number of rotatable bonds is 12. The molecule has 0 fully saturated rings. The van der Waals surface area contributed by atoms with E-state index >= 15 is 0 Å². The molecule has 14 heteroatoms. The first-order valence-corrected chi connectivity index (χ1v) is 11.4. The molecule has 2 heterocycles. The number of amides is 2. The van der Waals surface area contributed by atoms with Crippen LogP contribution in [0.1, 0.15) is 65.6 Å². The molecule has 0 aliphatic heterocycles. The number of nitrogens with one attached hydrogen (secondary N) is 2. The molecule has 0 bridgehead atoms. The molecular formula is C25H29FN6O7. The average molecular weight is 550 g/mol. The molecule has 2 N–H and O–H groups in total. The number of benzene rings is 1. The van der Waals surface area contributed by atoms with E-state index in [1.54, 1.807) is 0 Å². The monoisotopic (exact) mass is 549 g/mol. The zero-order chi connectivity index (χ0) is 33.0. The maximum Gasteiger partial charge on any atom is 0.309 e. The van der Waals surface area contributed by atoms with Crippen LogP contribution < -0.4 is 20.9 Å². The molecule has 39 heavy (non-hydrogen) atoms. The Bertz CT molecular complexity index is 1610. The number of carbonyl (C=O) groups is 3. The fraction of sp³-hybridized carbons (Fsp3) is 0.400. The number of aromatic nitrogens is 4. The first-order valence-electron chi connectivity index (χ1n) is 13.9. The van der Waals surface area contributed by atoms with Crippen molar-refractivity contribution in [2.75, 3.05) is 20.3 Å². The minimum Gasteiger partial charge on any atom is -0.478 e. The summed E-state index contributed by atoms with van der Waals surface area (Å²) in [5.41, 5.74) is -3.40. The second-order valence-electron chi connectivity index (χ2n) is 8.62. The van der Waals surface area contributed by atoms with E-state index in [-0.39, 0.29) is 24.4 Å². The van der Waals surface area contributed by atoms with Gasteiger partial charge in [-0.25, -0.2) is 9.37 Å². The first-order chi connectivity index (χ1) is 20.4. The van der Waals surface area contributed by atoms with Gasteiger partial charge in [0, 0.05) is 38.0 Å². The fourth-order valence-corrected chi connectivity index (χ4v) is 3.29. The van der Waals surface area contributed by atoms with Crippen LogP contribution in [0.2, 0.25) is 0 Å². The van der Waals surface area contributed by atoms with Gasteiger partial charge >= 0.3 is 11.8 Å². The smallest absolute Gasteiger partial charge is 0.309 e.